The molecule has 0 amide bonds. The minimum absolute atomic E-state index is 0.0118. The van der Waals surface area contributed by atoms with Crippen molar-refractivity contribution in [1.29, 1.82) is 0 Å². The van der Waals surface area contributed by atoms with Crippen LogP contribution in [0.4, 0.5) is 0 Å². The summed E-state index contributed by atoms with van der Waals surface area (Å²) in [4.78, 5) is 22.5. The first-order valence-electron chi connectivity index (χ1n) is 12.6. The van der Waals surface area contributed by atoms with Gasteiger partial charge in [0.1, 0.15) is 18.0 Å². The SMILES string of the molecule is O=C(O)CCc1cn(CC(=O)O)c2c(/C=C/c3ccc(OCCCCOc4ccccc4)cc3)cccc12. The molecule has 4 rings (SSSR count). The van der Waals surface area contributed by atoms with Gasteiger partial charge in [-0.25, -0.2) is 0 Å². The Morgan fingerprint density at radius 1 is 0.763 bits per heavy atom. The van der Waals surface area contributed by atoms with Crippen LogP contribution in [0, 0.1) is 0 Å². The molecule has 0 fully saturated rings. The van der Waals surface area contributed by atoms with E-state index < -0.39 is 11.9 Å². The highest BCUT2D eigenvalue weighted by Crippen LogP contribution is 2.28. The minimum atomic E-state index is -0.954. The number of para-hydroxylation sites is 2. The van der Waals surface area contributed by atoms with E-state index in [0.29, 0.717) is 19.6 Å². The van der Waals surface area contributed by atoms with Crippen molar-refractivity contribution < 1.29 is 29.3 Å². The number of aryl methyl sites for hydroxylation is 1. The molecule has 0 aliphatic rings. The largest absolute Gasteiger partial charge is 0.494 e. The lowest BCUT2D eigenvalue weighted by molar-refractivity contribution is -0.138. The predicted octanol–water partition coefficient (Wildman–Crippen LogP) is 6.15. The van der Waals surface area contributed by atoms with E-state index in [0.717, 1.165) is 51.9 Å². The number of aliphatic carboxylic acids is 2. The van der Waals surface area contributed by atoms with Gasteiger partial charge in [-0.1, -0.05) is 60.7 Å². The fraction of sp³-hybridized carbons (Fsp3) is 0.226. The number of hydrogen-bond acceptors (Lipinski definition) is 4. The normalized spacial score (nSPS) is 11.2. The Kier molecular flexibility index (Phi) is 9.18. The van der Waals surface area contributed by atoms with Crippen LogP contribution in [0.5, 0.6) is 11.5 Å². The maximum atomic E-state index is 11.4. The van der Waals surface area contributed by atoms with Gasteiger partial charge in [0.2, 0.25) is 0 Å². The van der Waals surface area contributed by atoms with Crippen molar-refractivity contribution in [3.05, 3.63) is 95.7 Å². The summed E-state index contributed by atoms with van der Waals surface area (Å²) in [5.74, 6) is -0.164. The van der Waals surface area contributed by atoms with Gasteiger partial charge in [-0.3, -0.25) is 9.59 Å². The van der Waals surface area contributed by atoms with Crippen LogP contribution in [-0.2, 0) is 22.6 Å². The quantitative estimate of drug-likeness (QED) is 0.155. The molecule has 0 spiro atoms. The Balaban J connectivity index is 1.36. The first-order valence-corrected chi connectivity index (χ1v) is 12.6. The summed E-state index contributed by atoms with van der Waals surface area (Å²) in [6, 6.07) is 23.3. The van der Waals surface area contributed by atoms with E-state index in [1.807, 2.05) is 84.9 Å². The van der Waals surface area contributed by atoms with E-state index in [1.165, 1.54) is 0 Å². The third-order valence-electron chi connectivity index (χ3n) is 6.08. The summed E-state index contributed by atoms with van der Waals surface area (Å²) in [6.07, 6.45) is 7.79. The van der Waals surface area contributed by atoms with Crippen LogP contribution in [0.15, 0.2) is 79.0 Å². The van der Waals surface area contributed by atoms with Gasteiger partial charge in [0.15, 0.2) is 0 Å². The molecule has 0 saturated heterocycles. The summed E-state index contributed by atoms with van der Waals surface area (Å²) in [6.45, 7) is 1.07. The average molecular weight is 514 g/mol. The highest BCUT2D eigenvalue weighted by molar-refractivity contribution is 5.94. The molecule has 0 bridgehead atoms. The van der Waals surface area contributed by atoms with Gasteiger partial charge in [0.25, 0.3) is 0 Å². The van der Waals surface area contributed by atoms with Crippen LogP contribution in [0.3, 0.4) is 0 Å². The van der Waals surface area contributed by atoms with E-state index in [9.17, 15) is 14.7 Å². The van der Waals surface area contributed by atoms with Gasteiger partial charge in [-0.05, 0) is 60.2 Å². The van der Waals surface area contributed by atoms with E-state index in [4.69, 9.17) is 14.6 Å². The van der Waals surface area contributed by atoms with Crippen molar-refractivity contribution in [3.63, 3.8) is 0 Å². The Morgan fingerprint density at radius 2 is 1.45 bits per heavy atom. The predicted molar refractivity (Wildman–Crippen MR) is 148 cm³/mol. The van der Waals surface area contributed by atoms with E-state index >= 15 is 0 Å². The van der Waals surface area contributed by atoms with Gasteiger partial charge in [0.05, 0.1) is 18.7 Å². The van der Waals surface area contributed by atoms with Crippen LogP contribution in [0.2, 0.25) is 0 Å². The van der Waals surface area contributed by atoms with Gasteiger partial charge in [-0.15, -0.1) is 0 Å². The lowest BCUT2D eigenvalue weighted by Crippen LogP contribution is -2.08. The molecule has 3 aromatic carbocycles. The second-order valence-corrected chi connectivity index (χ2v) is 8.93. The number of hydrogen-bond donors (Lipinski definition) is 2. The molecule has 0 atom stereocenters. The van der Waals surface area contributed by atoms with Gasteiger partial charge < -0.3 is 24.3 Å². The minimum Gasteiger partial charge on any atom is -0.494 e. The zero-order chi connectivity index (χ0) is 26.7. The Hall–Kier alpha value is -4.52. The number of carboxylic acid groups (broad SMARTS) is 2. The van der Waals surface area contributed by atoms with Crippen LogP contribution >= 0.6 is 0 Å². The molecule has 0 unspecified atom stereocenters. The second kappa shape index (κ2) is 13.1. The maximum Gasteiger partial charge on any atom is 0.323 e. The molecule has 0 aliphatic heterocycles. The van der Waals surface area contributed by atoms with Crippen molar-refractivity contribution in [2.75, 3.05) is 13.2 Å². The van der Waals surface area contributed by atoms with E-state index in [1.54, 1.807) is 10.8 Å². The highest BCUT2D eigenvalue weighted by Gasteiger charge is 2.14. The number of unbranched alkanes of at least 4 members (excludes halogenated alkanes) is 1. The van der Waals surface area contributed by atoms with Crippen molar-refractivity contribution in [2.45, 2.75) is 32.2 Å². The molecule has 7 nitrogen and oxygen atoms in total. The molecule has 1 aromatic heterocycles. The topological polar surface area (TPSA) is 98.0 Å². The molecule has 1 heterocycles. The summed E-state index contributed by atoms with van der Waals surface area (Å²) in [5.41, 5.74) is 3.45. The lowest BCUT2D eigenvalue weighted by Gasteiger charge is -2.08. The van der Waals surface area contributed by atoms with Gasteiger partial charge in [-0.2, -0.15) is 0 Å². The fourth-order valence-electron chi connectivity index (χ4n) is 4.27. The maximum absolute atomic E-state index is 11.4. The van der Waals surface area contributed by atoms with E-state index in [2.05, 4.69) is 0 Å². The number of aromatic nitrogens is 1. The third kappa shape index (κ3) is 7.49. The molecule has 7 heteroatoms. The number of rotatable bonds is 14. The van der Waals surface area contributed by atoms with Crippen LogP contribution < -0.4 is 9.47 Å². The number of benzene rings is 3. The molecule has 4 aromatic rings. The molecule has 2 N–H and O–H groups in total. The molecular weight excluding hydrogens is 482 g/mol. The number of carboxylic acids is 2. The number of ether oxygens (including phenoxy) is 2. The smallest absolute Gasteiger partial charge is 0.323 e. The second-order valence-electron chi connectivity index (χ2n) is 8.93. The van der Waals surface area contributed by atoms with Crippen LogP contribution in [0.1, 0.15) is 36.0 Å². The summed E-state index contributed by atoms with van der Waals surface area (Å²) < 4.78 is 13.2. The lowest BCUT2D eigenvalue weighted by atomic mass is 10.0. The zero-order valence-corrected chi connectivity index (χ0v) is 21.1. The molecular formula is C31H31NO6. The molecule has 0 radical (unpaired) electrons. The first-order chi connectivity index (χ1) is 18.5. The molecule has 0 aliphatic carbocycles. The summed E-state index contributed by atoms with van der Waals surface area (Å²) in [7, 11) is 0. The molecule has 0 saturated carbocycles. The van der Waals surface area contributed by atoms with Crippen LogP contribution in [-0.4, -0.2) is 39.9 Å². The Labute approximate surface area is 221 Å². The monoisotopic (exact) mass is 513 g/mol. The summed E-state index contributed by atoms with van der Waals surface area (Å²) in [5, 5.41) is 19.3. The number of fused-ring (bicyclic) bond motifs is 1. The van der Waals surface area contributed by atoms with Crippen molar-refractivity contribution >= 4 is 35.0 Å². The van der Waals surface area contributed by atoms with Crippen molar-refractivity contribution in [2.24, 2.45) is 0 Å². The Morgan fingerprint density at radius 3 is 2.11 bits per heavy atom. The van der Waals surface area contributed by atoms with Gasteiger partial charge >= 0.3 is 11.9 Å². The summed E-state index contributed by atoms with van der Waals surface area (Å²) >= 11 is 0. The van der Waals surface area contributed by atoms with Crippen molar-refractivity contribution in [1.82, 2.24) is 4.57 Å². The Bertz CT molecular complexity index is 1390. The fourth-order valence-corrected chi connectivity index (χ4v) is 4.27. The number of nitrogens with zero attached hydrogens (tertiary/aromatic N) is 1. The van der Waals surface area contributed by atoms with Crippen LogP contribution in [0.25, 0.3) is 23.1 Å². The molecule has 38 heavy (non-hydrogen) atoms. The van der Waals surface area contributed by atoms with E-state index in [-0.39, 0.29) is 13.0 Å². The highest BCUT2D eigenvalue weighted by atomic mass is 16.5. The van der Waals surface area contributed by atoms with Crippen molar-refractivity contribution in [3.8, 4) is 11.5 Å². The molecule has 196 valence electrons. The van der Waals surface area contributed by atoms with Gasteiger partial charge in [0, 0.05) is 18.0 Å². The average Bonchev–Trinajstić information content (AvgIpc) is 3.26. The number of carbonyl (C=O) groups is 2. The third-order valence-corrected chi connectivity index (χ3v) is 6.08. The first kappa shape index (κ1) is 26.5. The standard InChI is InChI=1S/C31H31NO6/c33-29(34)18-15-25-21-32(22-30(35)36)31-24(7-6-10-28(25)31)14-11-23-12-16-27(17-13-23)38-20-5-4-19-37-26-8-2-1-3-9-26/h1-3,6-14,16-17,21H,4-5,15,18-20,22H2,(H,33,34)(H,35,36)/b14-11+. The zero-order valence-electron chi connectivity index (χ0n) is 21.1.